The summed E-state index contributed by atoms with van der Waals surface area (Å²) in [6.07, 6.45) is 6.58. The van der Waals surface area contributed by atoms with E-state index in [4.69, 9.17) is 0 Å². The first-order valence-electron chi connectivity index (χ1n) is 10.1. The van der Waals surface area contributed by atoms with Gasteiger partial charge in [0.05, 0.1) is 0 Å². The molecule has 0 aliphatic heterocycles. The molecule has 0 spiro atoms. The first kappa shape index (κ1) is 18.2. The van der Waals surface area contributed by atoms with Gasteiger partial charge in [0.2, 0.25) is 0 Å². The highest BCUT2D eigenvalue weighted by atomic mass is 14.2. The van der Waals surface area contributed by atoms with Crippen LogP contribution in [-0.2, 0) is 6.42 Å². The molecule has 134 valence electrons. The van der Waals surface area contributed by atoms with E-state index in [0.717, 1.165) is 18.3 Å². The average Bonchev–Trinajstić information content (AvgIpc) is 2.60. The topological polar surface area (TPSA) is 0 Å². The normalized spacial score (nSPS) is 20.9. The largest absolute Gasteiger partial charge is 0.0625 e. The molecule has 25 heavy (non-hydrogen) atoms. The molecule has 3 rings (SSSR count). The highest BCUT2D eigenvalue weighted by Gasteiger charge is 2.19. The lowest BCUT2D eigenvalue weighted by atomic mass is 9.79. The Bertz CT molecular complexity index is 698. The summed E-state index contributed by atoms with van der Waals surface area (Å²) in [7, 11) is 0. The summed E-state index contributed by atoms with van der Waals surface area (Å²) >= 11 is 0. The predicted molar refractivity (Wildman–Crippen MR) is 110 cm³/mol. The van der Waals surface area contributed by atoms with Gasteiger partial charge in [0, 0.05) is 0 Å². The second kappa shape index (κ2) is 7.77. The second-order valence-corrected chi connectivity index (χ2v) is 8.59. The summed E-state index contributed by atoms with van der Waals surface area (Å²) in [4.78, 5) is 0. The van der Waals surface area contributed by atoms with Crippen molar-refractivity contribution in [2.75, 3.05) is 0 Å². The van der Waals surface area contributed by atoms with Crippen LogP contribution in [0.5, 0.6) is 0 Å². The molecule has 0 unspecified atom stereocenters. The van der Waals surface area contributed by atoms with E-state index in [1.54, 1.807) is 5.56 Å². The molecule has 0 heteroatoms. The van der Waals surface area contributed by atoms with Gasteiger partial charge in [-0.15, -0.1) is 0 Å². The Morgan fingerprint density at radius 3 is 2.08 bits per heavy atom. The predicted octanol–water partition coefficient (Wildman–Crippen LogP) is 7.31. The van der Waals surface area contributed by atoms with Crippen LogP contribution in [0.3, 0.4) is 0 Å². The zero-order valence-corrected chi connectivity index (χ0v) is 16.7. The van der Waals surface area contributed by atoms with Gasteiger partial charge >= 0.3 is 0 Å². The maximum Gasteiger partial charge on any atom is -0.00230 e. The summed E-state index contributed by atoms with van der Waals surface area (Å²) in [6.45, 7) is 11.5. The van der Waals surface area contributed by atoms with Crippen molar-refractivity contribution in [1.82, 2.24) is 0 Å². The Kier molecular flexibility index (Phi) is 5.67. The smallest absolute Gasteiger partial charge is 0.00230 e. The fourth-order valence-electron chi connectivity index (χ4n) is 4.44. The third-order valence-electron chi connectivity index (χ3n) is 6.42. The van der Waals surface area contributed by atoms with E-state index in [-0.39, 0.29) is 0 Å². The van der Waals surface area contributed by atoms with E-state index < -0.39 is 0 Å². The lowest BCUT2D eigenvalue weighted by Gasteiger charge is -2.26. The number of hydrogen-bond acceptors (Lipinski definition) is 0. The maximum absolute atomic E-state index is 2.40. The third kappa shape index (κ3) is 4.17. The molecular weight excluding hydrogens is 300 g/mol. The van der Waals surface area contributed by atoms with E-state index in [0.29, 0.717) is 5.92 Å². The zero-order chi connectivity index (χ0) is 18.0. The van der Waals surface area contributed by atoms with Crippen LogP contribution in [0.4, 0.5) is 0 Å². The van der Waals surface area contributed by atoms with Crippen molar-refractivity contribution in [3.8, 4) is 0 Å². The molecular formula is C25H34. The lowest BCUT2D eigenvalue weighted by Crippen LogP contribution is -2.10. The van der Waals surface area contributed by atoms with Gasteiger partial charge in [0.15, 0.2) is 0 Å². The summed E-state index contributed by atoms with van der Waals surface area (Å²) in [6, 6.07) is 14.2. The Balaban J connectivity index is 1.72. The van der Waals surface area contributed by atoms with Crippen molar-refractivity contribution < 1.29 is 0 Å². The van der Waals surface area contributed by atoms with E-state index in [9.17, 15) is 0 Å². The molecule has 1 saturated carbocycles. The third-order valence-corrected chi connectivity index (χ3v) is 6.42. The van der Waals surface area contributed by atoms with Crippen LogP contribution >= 0.6 is 0 Å². The Morgan fingerprint density at radius 2 is 1.48 bits per heavy atom. The minimum absolute atomic E-state index is 0.602. The monoisotopic (exact) mass is 334 g/mol. The zero-order valence-electron chi connectivity index (χ0n) is 16.7. The molecule has 1 aliphatic carbocycles. The van der Waals surface area contributed by atoms with Crippen molar-refractivity contribution in [1.29, 1.82) is 0 Å². The Hall–Kier alpha value is -1.56. The van der Waals surface area contributed by atoms with Crippen LogP contribution in [0, 0.1) is 19.8 Å². The fraction of sp³-hybridized carbons (Fsp3) is 0.520. The van der Waals surface area contributed by atoms with Crippen LogP contribution in [-0.4, -0.2) is 0 Å². The molecule has 0 saturated heterocycles. The number of hydrogen-bond donors (Lipinski definition) is 0. The van der Waals surface area contributed by atoms with Crippen molar-refractivity contribution >= 4 is 0 Å². The standard InChI is InChI=1S/C25H34/c1-17(2)25-15-14-24(19(4)20(25)5)16-21-8-12-23(13-9-21)22-10-6-18(3)7-11-22/h8-9,12-15,17-18,22H,6-7,10-11,16H2,1-5H3. The highest BCUT2D eigenvalue weighted by molar-refractivity contribution is 5.43. The molecule has 1 fully saturated rings. The van der Waals surface area contributed by atoms with Crippen LogP contribution in [0.15, 0.2) is 36.4 Å². The van der Waals surface area contributed by atoms with Crippen molar-refractivity contribution in [2.24, 2.45) is 5.92 Å². The van der Waals surface area contributed by atoms with Crippen molar-refractivity contribution in [2.45, 2.75) is 78.6 Å². The average molecular weight is 335 g/mol. The minimum atomic E-state index is 0.602. The molecule has 0 amide bonds. The fourth-order valence-corrected chi connectivity index (χ4v) is 4.44. The summed E-state index contributed by atoms with van der Waals surface area (Å²) in [5.74, 6) is 2.32. The van der Waals surface area contributed by atoms with Gasteiger partial charge in [0.1, 0.15) is 0 Å². The lowest BCUT2D eigenvalue weighted by molar-refractivity contribution is 0.348. The van der Waals surface area contributed by atoms with E-state index >= 15 is 0 Å². The molecule has 0 nitrogen and oxygen atoms in total. The van der Waals surface area contributed by atoms with Crippen molar-refractivity contribution in [3.63, 3.8) is 0 Å². The summed E-state index contributed by atoms with van der Waals surface area (Å²) < 4.78 is 0. The molecule has 0 atom stereocenters. The van der Waals surface area contributed by atoms with Gasteiger partial charge in [-0.2, -0.15) is 0 Å². The minimum Gasteiger partial charge on any atom is -0.0625 e. The highest BCUT2D eigenvalue weighted by Crippen LogP contribution is 2.35. The SMILES string of the molecule is Cc1c(Cc2ccc(C3CCC(C)CC3)cc2)ccc(C(C)C)c1C. The van der Waals surface area contributed by atoms with E-state index in [2.05, 4.69) is 71.0 Å². The van der Waals surface area contributed by atoms with Crippen molar-refractivity contribution in [3.05, 3.63) is 69.8 Å². The van der Waals surface area contributed by atoms with Gasteiger partial charge in [0.25, 0.3) is 0 Å². The molecule has 2 aromatic carbocycles. The van der Waals surface area contributed by atoms with Gasteiger partial charge in [-0.05, 0) is 84.2 Å². The number of benzene rings is 2. The first-order valence-corrected chi connectivity index (χ1v) is 10.1. The molecule has 0 N–H and O–H groups in total. The van der Waals surface area contributed by atoms with E-state index in [1.807, 2.05) is 0 Å². The quantitative estimate of drug-likeness (QED) is 0.550. The van der Waals surface area contributed by atoms with Gasteiger partial charge in [-0.25, -0.2) is 0 Å². The second-order valence-electron chi connectivity index (χ2n) is 8.59. The van der Waals surface area contributed by atoms with Crippen LogP contribution in [0.2, 0.25) is 0 Å². The molecule has 0 bridgehead atoms. The summed E-state index contributed by atoms with van der Waals surface area (Å²) in [5.41, 5.74) is 8.90. The molecule has 1 aliphatic rings. The van der Waals surface area contributed by atoms with Crippen LogP contribution < -0.4 is 0 Å². The number of rotatable bonds is 4. The Labute approximate surface area is 154 Å². The molecule has 0 radical (unpaired) electrons. The summed E-state index contributed by atoms with van der Waals surface area (Å²) in [5, 5.41) is 0. The van der Waals surface area contributed by atoms with Crippen LogP contribution in [0.1, 0.15) is 91.7 Å². The molecule has 0 aromatic heterocycles. The van der Waals surface area contributed by atoms with Gasteiger partial charge in [-0.3, -0.25) is 0 Å². The van der Waals surface area contributed by atoms with Gasteiger partial charge in [-0.1, -0.05) is 70.0 Å². The van der Waals surface area contributed by atoms with E-state index in [1.165, 1.54) is 53.5 Å². The van der Waals surface area contributed by atoms with Gasteiger partial charge < -0.3 is 0 Å². The molecule has 0 heterocycles. The maximum atomic E-state index is 2.40. The molecule has 2 aromatic rings. The Morgan fingerprint density at radius 1 is 0.840 bits per heavy atom. The van der Waals surface area contributed by atoms with Crippen LogP contribution in [0.25, 0.3) is 0 Å². The first-order chi connectivity index (χ1) is 12.0.